The maximum Gasteiger partial charge on any atom is 0.0525 e. The van der Waals surface area contributed by atoms with Crippen molar-refractivity contribution in [3.8, 4) is 0 Å². The second kappa shape index (κ2) is 10.5. The Morgan fingerprint density at radius 2 is 0.967 bits per heavy atom. The normalized spacial score (nSPS) is 11.0. The number of hydrogen-bond acceptors (Lipinski definition) is 1. The van der Waals surface area contributed by atoms with E-state index >= 15 is 0 Å². The summed E-state index contributed by atoms with van der Waals surface area (Å²) >= 11 is 0. The molecule has 0 saturated carbocycles. The van der Waals surface area contributed by atoms with Gasteiger partial charge in [0.2, 0.25) is 0 Å². The van der Waals surface area contributed by atoms with Crippen LogP contribution in [0, 0.1) is 13.8 Å². The Balaban J connectivity index is 2.27. The van der Waals surface area contributed by atoms with Gasteiger partial charge in [0, 0.05) is 11.4 Å². The summed E-state index contributed by atoms with van der Waals surface area (Å²) in [4.78, 5) is 2.49. The number of rotatable bonds is 9. The first kappa shape index (κ1) is 22.2. The van der Waals surface area contributed by atoms with Crippen LogP contribution in [0.5, 0.6) is 0 Å². The lowest BCUT2D eigenvalue weighted by Gasteiger charge is -2.31. The molecule has 1 nitrogen and oxygen atoms in total. The van der Waals surface area contributed by atoms with E-state index in [-0.39, 0.29) is 0 Å². The highest BCUT2D eigenvalue weighted by Crippen LogP contribution is 2.41. The Labute approximate surface area is 183 Å². The van der Waals surface area contributed by atoms with Crippen molar-refractivity contribution in [3.05, 3.63) is 88.5 Å². The van der Waals surface area contributed by atoms with Gasteiger partial charge in [-0.1, -0.05) is 87.6 Å². The molecule has 0 aliphatic carbocycles. The third kappa shape index (κ3) is 5.14. The molecule has 0 fully saturated rings. The quantitative estimate of drug-likeness (QED) is 0.348. The molecule has 3 aromatic carbocycles. The molecule has 0 aliphatic rings. The van der Waals surface area contributed by atoms with Crippen molar-refractivity contribution in [2.45, 2.75) is 73.1 Å². The van der Waals surface area contributed by atoms with Gasteiger partial charge in [0.25, 0.3) is 0 Å². The fourth-order valence-electron chi connectivity index (χ4n) is 4.27. The molecule has 0 atom stereocenters. The molecule has 1 heteroatoms. The van der Waals surface area contributed by atoms with Crippen molar-refractivity contribution in [1.29, 1.82) is 0 Å². The van der Waals surface area contributed by atoms with Crippen LogP contribution in [0.25, 0.3) is 0 Å². The van der Waals surface area contributed by atoms with Crippen LogP contribution in [0.2, 0.25) is 0 Å². The van der Waals surface area contributed by atoms with E-state index in [2.05, 4.69) is 100 Å². The second-order valence-corrected chi connectivity index (χ2v) is 8.52. The molecule has 158 valence electrons. The first-order valence-corrected chi connectivity index (χ1v) is 11.7. The van der Waals surface area contributed by atoms with E-state index in [1.54, 1.807) is 0 Å². The van der Waals surface area contributed by atoms with E-state index in [1.807, 2.05) is 0 Å². The average Bonchev–Trinajstić information content (AvgIpc) is 2.73. The summed E-state index contributed by atoms with van der Waals surface area (Å²) < 4.78 is 0. The van der Waals surface area contributed by atoms with E-state index in [0.29, 0.717) is 0 Å². The maximum atomic E-state index is 2.49. The molecule has 0 amide bonds. The zero-order chi connectivity index (χ0) is 21.5. The molecule has 0 saturated heterocycles. The monoisotopic (exact) mass is 399 g/mol. The third-order valence-electron chi connectivity index (χ3n) is 5.71. The lowest BCUT2D eigenvalue weighted by molar-refractivity contribution is 0.868. The minimum atomic E-state index is 1.11. The molecule has 0 spiro atoms. The van der Waals surface area contributed by atoms with Crippen LogP contribution in [-0.4, -0.2) is 0 Å². The van der Waals surface area contributed by atoms with Crippen LogP contribution in [0.1, 0.15) is 67.9 Å². The lowest BCUT2D eigenvalue weighted by atomic mass is 9.93. The first-order chi connectivity index (χ1) is 14.6. The zero-order valence-electron chi connectivity index (χ0n) is 19.5. The molecule has 0 bridgehead atoms. The highest BCUT2D eigenvalue weighted by molar-refractivity contribution is 5.81. The fraction of sp³-hybridized carbons (Fsp3) is 0.379. The van der Waals surface area contributed by atoms with Crippen LogP contribution in [0.3, 0.4) is 0 Å². The van der Waals surface area contributed by atoms with Crippen LogP contribution in [0.4, 0.5) is 17.1 Å². The molecule has 30 heavy (non-hydrogen) atoms. The van der Waals surface area contributed by atoms with Crippen molar-refractivity contribution in [2.75, 3.05) is 4.90 Å². The summed E-state index contributed by atoms with van der Waals surface area (Å²) in [5, 5.41) is 0. The van der Waals surface area contributed by atoms with E-state index in [1.165, 1.54) is 51.3 Å². The minimum Gasteiger partial charge on any atom is -0.310 e. The number of benzene rings is 3. The molecule has 0 aliphatic heterocycles. The summed E-state index contributed by atoms with van der Waals surface area (Å²) in [5.41, 5.74) is 10.9. The number of nitrogens with zero attached hydrogens (tertiary/aromatic N) is 1. The SMILES string of the molecule is CCCc1cc(CCC)c(N(c2ccc(C)cc2)c2ccc(C)cc2)c(CCC)c1. The Kier molecular flexibility index (Phi) is 7.74. The van der Waals surface area contributed by atoms with E-state index in [9.17, 15) is 0 Å². The highest BCUT2D eigenvalue weighted by Gasteiger charge is 2.20. The van der Waals surface area contributed by atoms with Gasteiger partial charge in [0.15, 0.2) is 0 Å². The molecule has 0 heterocycles. The molecule has 3 rings (SSSR count). The van der Waals surface area contributed by atoms with Gasteiger partial charge in [-0.15, -0.1) is 0 Å². The standard InChI is InChI=1S/C29H37N/c1-6-9-24-20-25(10-7-2)29(26(21-24)11-8-3)30(27-16-12-22(4)13-17-27)28-18-14-23(5)15-19-28/h12-21H,6-11H2,1-5H3. The predicted molar refractivity (Wildman–Crippen MR) is 133 cm³/mol. The van der Waals surface area contributed by atoms with Crippen molar-refractivity contribution in [2.24, 2.45) is 0 Å². The number of aryl methyl sites for hydroxylation is 5. The topological polar surface area (TPSA) is 3.24 Å². The molecule has 0 N–H and O–H groups in total. The van der Waals surface area contributed by atoms with E-state index in [4.69, 9.17) is 0 Å². The van der Waals surface area contributed by atoms with Crippen molar-refractivity contribution in [3.63, 3.8) is 0 Å². The third-order valence-corrected chi connectivity index (χ3v) is 5.71. The molecular formula is C29H37N. The molecule has 0 aromatic heterocycles. The first-order valence-electron chi connectivity index (χ1n) is 11.7. The number of anilines is 3. The van der Waals surface area contributed by atoms with Gasteiger partial charge >= 0.3 is 0 Å². The Morgan fingerprint density at radius 3 is 1.33 bits per heavy atom. The van der Waals surface area contributed by atoms with Crippen LogP contribution >= 0.6 is 0 Å². The largest absolute Gasteiger partial charge is 0.310 e. The number of hydrogen-bond donors (Lipinski definition) is 0. The van der Waals surface area contributed by atoms with Gasteiger partial charge in [-0.2, -0.15) is 0 Å². The zero-order valence-corrected chi connectivity index (χ0v) is 19.5. The lowest BCUT2D eigenvalue weighted by Crippen LogP contribution is -2.15. The van der Waals surface area contributed by atoms with Crippen molar-refractivity contribution < 1.29 is 0 Å². The van der Waals surface area contributed by atoms with Gasteiger partial charge < -0.3 is 4.90 Å². The van der Waals surface area contributed by atoms with Crippen LogP contribution in [0.15, 0.2) is 60.7 Å². The summed E-state index contributed by atoms with van der Waals surface area (Å²) in [7, 11) is 0. The van der Waals surface area contributed by atoms with Crippen LogP contribution < -0.4 is 4.90 Å². The van der Waals surface area contributed by atoms with Gasteiger partial charge in [-0.05, 0) is 74.1 Å². The maximum absolute atomic E-state index is 2.49. The average molecular weight is 400 g/mol. The minimum absolute atomic E-state index is 1.11. The smallest absolute Gasteiger partial charge is 0.0525 e. The predicted octanol–water partition coefficient (Wildman–Crippen LogP) is 8.63. The fourth-order valence-corrected chi connectivity index (χ4v) is 4.27. The van der Waals surface area contributed by atoms with Crippen molar-refractivity contribution >= 4 is 17.1 Å². The molecular weight excluding hydrogens is 362 g/mol. The van der Waals surface area contributed by atoms with Gasteiger partial charge in [-0.25, -0.2) is 0 Å². The second-order valence-electron chi connectivity index (χ2n) is 8.52. The summed E-state index contributed by atoms with van der Waals surface area (Å²) in [6, 6.07) is 22.9. The van der Waals surface area contributed by atoms with Crippen molar-refractivity contribution in [1.82, 2.24) is 0 Å². The molecule has 0 radical (unpaired) electrons. The molecule has 3 aromatic rings. The molecule has 0 unspecified atom stereocenters. The summed E-state index contributed by atoms with van der Waals surface area (Å²) in [6.45, 7) is 11.2. The van der Waals surface area contributed by atoms with Crippen LogP contribution in [-0.2, 0) is 19.3 Å². The Morgan fingerprint density at radius 1 is 0.567 bits per heavy atom. The Bertz CT molecular complexity index is 863. The van der Waals surface area contributed by atoms with E-state index < -0.39 is 0 Å². The highest BCUT2D eigenvalue weighted by atomic mass is 15.1. The van der Waals surface area contributed by atoms with Gasteiger partial charge in [-0.3, -0.25) is 0 Å². The Hall–Kier alpha value is -2.54. The summed E-state index contributed by atoms with van der Waals surface area (Å²) in [6.07, 6.45) is 6.88. The van der Waals surface area contributed by atoms with Gasteiger partial charge in [0.1, 0.15) is 0 Å². The van der Waals surface area contributed by atoms with Gasteiger partial charge in [0.05, 0.1) is 5.69 Å². The summed E-state index contributed by atoms with van der Waals surface area (Å²) in [5.74, 6) is 0. The van der Waals surface area contributed by atoms with E-state index in [0.717, 1.165) is 32.1 Å².